The third-order valence-electron chi connectivity index (χ3n) is 6.67. The fourth-order valence-electron chi connectivity index (χ4n) is 5.16. The van der Waals surface area contributed by atoms with E-state index in [1.165, 1.54) is 35.4 Å². The highest BCUT2D eigenvalue weighted by molar-refractivity contribution is 7.13. The number of nitrogens with zero attached hydrogens (tertiary/aromatic N) is 5. The molecule has 1 aliphatic carbocycles. The van der Waals surface area contributed by atoms with Crippen LogP contribution in [-0.4, -0.2) is 32.7 Å². The molecule has 6 heteroatoms. The normalized spacial score (nSPS) is 17.9. The van der Waals surface area contributed by atoms with Gasteiger partial charge in [-0.3, -0.25) is 4.98 Å². The molecule has 0 atom stereocenters. The Balaban J connectivity index is 1.31. The minimum atomic E-state index is 0.385. The van der Waals surface area contributed by atoms with Gasteiger partial charge in [-0.1, -0.05) is 12.1 Å². The maximum absolute atomic E-state index is 5.07. The van der Waals surface area contributed by atoms with Crippen molar-refractivity contribution in [3.8, 4) is 10.6 Å². The van der Waals surface area contributed by atoms with Crippen LogP contribution in [0, 0.1) is 12.3 Å². The van der Waals surface area contributed by atoms with E-state index in [0.29, 0.717) is 5.41 Å². The molecule has 6 rings (SSSR count). The molecule has 2 aliphatic rings. The van der Waals surface area contributed by atoms with Crippen LogP contribution < -0.4 is 4.90 Å². The summed E-state index contributed by atoms with van der Waals surface area (Å²) in [6.45, 7) is 4.18. The number of fused-ring (bicyclic) bond motifs is 2. The highest BCUT2D eigenvalue weighted by atomic mass is 32.1. The quantitative estimate of drug-likeness (QED) is 0.494. The van der Waals surface area contributed by atoms with Gasteiger partial charge in [0, 0.05) is 25.0 Å². The average molecular weight is 402 g/mol. The molecule has 146 valence electrons. The van der Waals surface area contributed by atoms with Gasteiger partial charge in [-0.25, -0.2) is 9.50 Å². The lowest BCUT2D eigenvalue weighted by atomic mass is 9.76. The van der Waals surface area contributed by atoms with Crippen molar-refractivity contribution < 1.29 is 0 Å². The van der Waals surface area contributed by atoms with Gasteiger partial charge in [0.2, 0.25) is 0 Å². The molecule has 29 heavy (non-hydrogen) atoms. The first-order valence-corrected chi connectivity index (χ1v) is 11.2. The molecule has 5 heterocycles. The summed E-state index contributed by atoms with van der Waals surface area (Å²) in [5, 5.41) is 6.75. The van der Waals surface area contributed by atoms with Crippen molar-refractivity contribution in [2.24, 2.45) is 5.41 Å². The van der Waals surface area contributed by atoms with E-state index in [9.17, 15) is 0 Å². The number of piperidine rings is 1. The molecule has 4 aromatic heterocycles. The highest BCUT2D eigenvalue weighted by Gasteiger charge is 2.41. The van der Waals surface area contributed by atoms with Gasteiger partial charge in [0.25, 0.3) is 0 Å². The molecular formula is C23H23N5S. The van der Waals surface area contributed by atoms with E-state index in [-0.39, 0.29) is 0 Å². The van der Waals surface area contributed by atoms with Crippen LogP contribution in [0.15, 0.2) is 48.1 Å². The van der Waals surface area contributed by atoms with E-state index in [1.807, 2.05) is 12.4 Å². The van der Waals surface area contributed by atoms with Crippen molar-refractivity contribution in [3.63, 3.8) is 0 Å². The number of hydrogen-bond acceptors (Lipinski definition) is 5. The second-order valence-electron chi connectivity index (χ2n) is 8.42. The van der Waals surface area contributed by atoms with E-state index >= 15 is 0 Å². The molecular weight excluding hydrogens is 378 g/mol. The van der Waals surface area contributed by atoms with Gasteiger partial charge in [0.15, 0.2) is 5.82 Å². The lowest BCUT2D eigenvalue weighted by molar-refractivity contribution is 0.231. The molecule has 5 nitrogen and oxygen atoms in total. The maximum Gasteiger partial charge on any atom is 0.155 e. The molecule has 0 bridgehead atoms. The lowest BCUT2D eigenvalue weighted by Gasteiger charge is -2.40. The monoisotopic (exact) mass is 401 g/mol. The first kappa shape index (κ1) is 17.2. The van der Waals surface area contributed by atoms with Gasteiger partial charge >= 0.3 is 0 Å². The van der Waals surface area contributed by atoms with E-state index in [0.717, 1.165) is 42.2 Å². The van der Waals surface area contributed by atoms with Gasteiger partial charge < -0.3 is 4.90 Å². The van der Waals surface area contributed by atoms with E-state index in [2.05, 4.69) is 62.1 Å². The van der Waals surface area contributed by atoms with Gasteiger partial charge in [0.1, 0.15) is 11.2 Å². The number of pyridine rings is 1. The maximum atomic E-state index is 5.07. The molecule has 4 aromatic rings. The Labute approximate surface area is 174 Å². The Hall–Kier alpha value is -2.73. The summed E-state index contributed by atoms with van der Waals surface area (Å²) in [6, 6.07) is 10.7. The summed E-state index contributed by atoms with van der Waals surface area (Å²) in [5.74, 6) is 1.07. The third-order valence-corrected chi connectivity index (χ3v) is 7.55. The van der Waals surface area contributed by atoms with Gasteiger partial charge in [-0.2, -0.15) is 5.10 Å². The summed E-state index contributed by atoms with van der Waals surface area (Å²) < 4.78 is 2.07. The van der Waals surface area contributed by atoms with Crippen molar-refractivity contribution in [2.45, 2.75) is 32.6 Å². The fourth-order valence-corrected chi connectivity index (χ4v) is 5.97. The smallest absolute Gasteiger partial charge is 0.155 e. The molecule has 0 saturated carbocycles. The Kier molecular flexibility index (Phi) is 3.78. The van der Waals surface area contributed by atoms with Crippen LogP contribution in [0.25, 0.3) is 16.1 Å². The second-order valence-corrected chi connectivity index (χ2v) is 9.37. The van der Waals surface area contributed by atoms with Crippen molar-refractivity contribution in [1.29, 1.82) is 0 Å². The molecule has 1 spiro atoms. The van der Waals surface area contributed by atoms with Crippen molar-refractivity contribution in [3.05, 3.63) is 65.1 Å². The largest absolute Gasteiger partial charge is 0.355 e. The first-order valence-electron chi connectivity index (χ1n) is 10.3. The number of aromatic nitrogens is 4. The van der Waals surface area contributed by atoms with Gasteiger partial charge in [0.05, 0.1) is 16.8 Å². The van der Waals surface area contributed by atoms with Crippen LogP contribution in [0.5, 0.6) is 0 Å². The zero-order valence-electron chi connectivity index (χ0n) is 16.5. The predicted octanol–water partition coefficient (Wildman–Crippen LogP) is 4.55. The molecule has 1 aliphatic heterocycles. The Morgan fingerprint density at radius 1 is 1.03 bits per heavy atom. The third kappa shape index (κ3) is 2.69. The zero-order chi connectivity index (χ0) is 19.4. The molecule has 1 fully saturated rings. The summed E-state index contributed by atoms with van der Waals surface area (Å²) in [6.07, 6.45) is 8.51. The number of anilines is 1. The van der Waals surface area contributed by atoms with Gasteiger partial charge in [-0.05, 0) is 67.2 Å². The Morgan fingerprint density at radius 3 is 2.72 bits per heavy atom. The van der Waals surface area contributed by atoms with E-state index in [4.69, 9.17) is 4.98 Å². The summed E-state index contributed by atoms with van der Waals surface area (Å²) in [4.78, 5) is 13.4. The van der Waals surface area contributed by atoms with E-state index in [1.54, 1.807) is 11.3 Å². The van der Waals surface area contributed by atoms with Crippen LogP contribution >= 0.6 is 11.3 Å². The van der Waals surface area contributed by atoms with Crippen molar-refractivity contribution in [2.75, 3.05) is 18.0 Å². The topological polar surface area (TPSA) is 46.3 Å². The first-order chi connectivity index (χ1) is 14.2. The highest BCUT2D eigenvalue weighted by Crippen LogP contribution is 2.45. The molecule has 0 amide bonds. The standard InChI is InChI=1S/C23H23N5S/c1-16-21(20-5-3-13-29-20)28-19(6-10-25-28)22(26-16)27-11-7-23(8-12-27)14-17-4-2-9-24-18(17)15-23/h2-6,9-10,13H,7-8,11-12,14-15H2,1H3. The Morgan fingerprint density at radius 2 is 1.93 bits per heavy atom. The SMILES string of the molecule is Cc1nc(N2CCC3(CC2)Cc2cccnc2C3)c2ccnn2c1-c1cccs1. The Bertz CT molecular complexity index is 1160. The van der Waals surface area contributed by atoms with Crippen molar-refractivity contribution in [1.82, 2.24) is 19.6 Å². The molecule has 1 saturated heterocycles. The molecule has 0 unspecified atom stereocenters. The summed E-state index contributed by atoms with van der Waals surface area (Å²) in [7, 11) is 0. The molecule has 0 N–H and O–H groups in total. The number of rotatable bonds is 2. The average Bonchev–Trinajstić information content (AvgIpc) is 3.47. The fraction of sp³-hybridized carbons (Fsp3) is 0.348. The van der Waals surface area contributed by atoms with Crippen LogP contribution in [-0.2, 0) is 12.8 Å². The number of thiophene rings is 1. The van der Waals surface area contributed by atoms with E-state index < -0.39 is 0 Å². The van der Waals surface area contributed by atoms with Crippen LogP contribution in [0.1, 0.15) is 29.8 Å². The van der Waals surface area contributed by atoms with Crippen LogP contribution in [0.2, 0.25) is 0 Å². The zero-order valence-corrected chi connectivity index (χ0v) is 17.3. The number of aryl methyl sites for hydroxylation is 1. The predicted molar refractivity (Wildman–Crippen MR) is 117 cm³/mol. The minimum absolute atomic E-state index is 0.385. The summed E-state index contributed by atoms with van der Waals surface area (Å²) >= 11 is 1.74. The van der Waals surface area contributed by atoms with Crippen molar-refractivity contribution >= 4 is 22.7 Å². The molecule has 0 aromatic carbocycles. The summed E-state index contributed by atoms with van der Waals surface area (Å²) in [5.41, 5.74) is 6.40. The second kappa shape index (κ2) is 6.39. The lowest BCUT2D eigenvalue weighted by Crippen LogP contribution is -2.41. The molecule has 0 radical (unpaired) electrons. The number of hydrogen-bond donors (Lipinski definition) is 0. The minimum Gasteiger partial charge on any atom is -0.355 e. The van der Waals surface area contributed by atoms with Crippen LogP contribution in [0.3, 0.4) is 0 Å². The van der Waals surface area contributed by atoms with Gasteiger partial charge in [-0.15, -0.1) is 11.3 Å². The van der Waals surface area contributed by atoms with Crippen LogP contribution in [0.4, 0.5) is 5.82 Å².